The zero-order valence-corrected chi connectivity index (χ0v) is 12.1. The Kier molecular flexibility index (Phi) is 5.11. The number of para-hydroxylation sites is 1. The second-order valence-electron chi connectivity index (χ2n) is 4.76. The number of aliphatic hydroxyl groups excluding tert-OH is 1. The molecule has 5 N–H and O–H groups in total. The molecule has 118 valence electrons. The summed E-state index contributed by atoms with van der Waals surface area (Å²) < 4.78 is 0. The summed E-state index contributed by atoms with van der Waals surface area (Å²) in [7, 11) is 0. The fraction of sp³-hybridized carbons (Fsp3) is 0.0588. The third-order valence-electron chi connectivity index (χ3n) is 3.20. The number of aliphatic hydroxyl groups is 1. The van der Waals surface area contributed by atoms with Gasteiger partial charge in [0.05, 0.1) is 11.1 Å². The molecule has 0 fully saturated rings. The fourth-order valence-electron chi connectivity index (χ4n) is 2.07. The molecule has 23 heavy (non-hydrogen) atoms. The lowest BCUT2D eigenvalue weighted by molar-refractivity contribution is -0.146. The zero-order chi connectivity index (χ0) is 16.8. The number of carbonyl (C=O) groups is 2. The van der Waals surface area contributed by atoms with Crippen LogP contribution in [0.25, 0.3) is 10.9 Å². The molecule has 0 bridgehead atoms. The number of carbonyl (C=O) groups excluding carboxylic acids is 1. The topological polar surface area (TPSA) is 116 Å². The Hall–Kier alpha value is -3.12. The van der Waals surface area contributed by atoms with Crippen molar-refractivity contribution in [3.05, 3.63) is 71.9 Å². The lowest BCUT2D eigenvalue weighted by atomic mass is 10.1. The maximum Gasteiger partial charge on any atom is 0.337 e. The van der Waals surface area contributed by atoms with Gasteiger partial charge in [0.25, 0.3) is 5.91 Å². The van der Waals surface area contributed by atoms with Gasteiger partial charge in [-0.3, -0.25) is 4.79 Å². The molecule has 1 aromatic heterocycles. The van der Waals surface area contributed by atoms with Crippen LogP contribution in [-0.2, 0) is 4.79 Å². The predicted molar refractivity (Wildman–Crippen MR) is 85.9 cm³/mol. The van der Waals surface area contributed by atoms with Crippen molar-refractivity contribution in [2.24, 2.45) is 5.73 Å². The van der Waals surface area contributed by atoms with E-state index in [1.807, 2.05) is 18.2 Å². The van der Waals surface area contributed by atoms with Gasteiger partial charge in [-0.15, -0.1) is 0 Å². The van der Waals surface area contributed by atoms with E-state index in [9.17, 15) is 9.59 Å². The Morgan fingerprint density at radius 2 is 1.70 bits per heavy atom. The molecule has 0 aliphatic heterocycles. The molecule has 1 heterocycles. The van der Waals surface area contributed by atoms with Crippen LogP contribution in [0.4, 0.5) is 0 Å². The molecule has 3 aromatic rings. The average Bonchev–Trinajstić information content (AvgIpc) is 3.03. The highest BCUT2D eigenvalue weighted by atomic mass is 16.4. The number of carboxylic acid groups (broad SMARTS) is 1. The number of primary amides is 1. The lowest BCUT2D eigenvalue weighted by Crippen LogP contribution is -2.11. The van der Waals surface area contributed by atoms with Crippen molar-refractivity contribution in [1.82, 2.24) is 4.98 Å². The highest BCUT2D eigenvalue weighted by Crippen LogP contribution is 2.15. The molecule has 0 aliphatic carbocycles. The van der Waals surface area contributed by atoms with Crippen molar-refractivity contribution in [2.75, 3.05) is 0 Å². The van der Waals surface area contributed by atoms with E-state index in [0.29, 0.717) is 11.1 Å². The summed E-state index contributed by atoms with van der Waals surface area (Å²) >= 11 is 0. The maximum absolute atomic E-state index is 10.9. The number of aromatic amines is 1. The number of amides is 1. The molecule has 6 nitrogen and oxygen atoms in total. The summed E-state index contributed by atoms with van der Waals surface area (Å²) in [5, 5.41) is 18.4. The summed E-state index contributed by atoms with van der Waals surface area (Å²) in [6.45, 7) is 0. The Bertz CT molecular complexity index is 812. The van der Waals surface area contributed by atoms with Gasteiger partial charge in [-0.25, -0.2) is 4.79 Å². The van der Waals surface area contributed by atoms with Gasteiger partial charge in [-0.05, 0) is 17.7 Å². The molecule has 0 radical (unpaired) electrons. The molecule has 0 spiro atoms. The van der Waals surface area contributed by atoms with Crippen molar-refractivity contribution in [2.45, 2.75) is 6.10 Å². The number of fused-ring (bicyclic) bond motifs is 1. The molecule has 0 saturated heterocycles. The molecule has 1 unspecified atom stereocenters. The molecule has 1 atom stereocenters. The van der Waals surface area contributed by atoms with Gasteiger partial charge >= 0.3 is 5.97 Å². The Morgan fingerprint density at radius 3 is 2.30 bits per heavy atom. The summed E-state index contributed by atoms with van der Waals surface area (Å²) in [6.07, 6.45) is 0.382. The van der Waals surface area contributed by atoms with Crippen molar-refractivity contribution >= 4 is 22.8 Å². The largest absolute Gasteiger partial charge is 0.479 e. The van der Waals surface area contributed by atoms with E-state index in [1.54, 1.807) is 42.6 Å². The van der Waals surface area contributed by atoms with Crippen molar-refractivity contribution in [3.63, 3.8) is 0 Å². The number of hydrogen-bond acceptors (Lipinski definition) is 3. The lowest BCUT2D eigenvalue weighted by Gasteiger charge is -2.03. The molecule has 2 aromatic carbocycles. The predicted octanol–water partition coefficient (Wildman–Crippen LogP) is 2.07. The quantitative estimate of drug-likeness (QED) is 0.592. The van der Waals surface area contributed by atoms with E-state index in [2.05, 4.69) is 4.98 Å². The number of nitrogens with two attached hydrogens (primary N) is 1. The molecule has 6 heteroatoms. The molecule has 0 saturated carbocycles. The summed E-state index contributed by atoms with van der Waals surface area (Å²) in [6, 6.07) is 15.6. The van der Waals surface area contributed by atoms with E-state index in [-0.39, 0.29) is 0 Å². The number of rotatable bonds is 3. The van der Waals surface area contributed by atoms with Gasteiger partial charge in [0.15, 0.2) is 6.10 Å². The van der Waals surface area contributed by atoms with Crippen molar-refractivity contribution < 1.29 is 19.8 Å². The van der Waals surface area contributed by atoms with Crippen LogP contribution in [0, 0.1) is 0 Å². The van der Waals surface area contributed by atoms with E-state index in [1.165, 1.54) is 0 Å². The minimum Gasteiger partial charge on any atom is -0.479 e. The molecule has 0 aliphatic rings. The van der Waals surface area contributed by atoms with Crippen molar-refractivity contribution in [1.29, 1.82) is 0 Å². The summed E-state index contributed by atoms with van der Waals surface area (Å²) in [5.41, 5.74) is 6.93. The van der Waals surface area contributed by atoms with Crippen LogP contribution in [-0.4, -0.2) is 27.1 Å². The smallest absolute Gasteiger partial charge is 0.337 e. The minimum atomic E-state index is -1.41. The third kappa shape index (κ3) is 3.96. The van der Waals surface area contributed by atoms with Gasteiger partial charge in [-0.2, -0.15) is 0 Å². The van der Waals surface area contributed by atoms with Gasteiger partial charge in [0.1, 0.15) is 0 Å². The fourth-order valence-corrected chi connectivity index (χ4v) is 2.07. The van der Waals surface area contributed by atoms with Crippen molar-refractivity contribution in [3.8, 4) is 0 Å². The number of H-pyrrole nitrogens is 1. The number of aliphatic carboxylic acids is 1. The number of nitrogens with one attached hydrogen (secondary N) is 1. The number of hydrogen-bond donors (Lipinski definition) is 4. The zero-order valence-electron chi connectivity index (χ0n) is 12.1. The van der Waals surface area contributed by atoms with Crippen LogP contribution < -0.4 is 5.73 Å². The van der Waals surface area contributed by atoms with Crippen LogP contribution in [0.15, 0.2) is 60.8 Å². The maximum atomic E-state index is 10.9. The van der Waals surface area contributed by atoms with Crippen LogP contribution >= 0.6 is 0 Å². The third-order valence-corrected chi connectivity index (χ3v) is 3.20. The first kappa shape index (κ1) is 16.3. The van der Waals surface area contributed by atoms with Gasteiger partial charge in [0, 0.05) is 11.6 Å². The number of benzene rings is 2. The highest BCUT2D eigenvalue weighted by Gasteiger charge is 2.14. The monoisotopic (exact) mass is 312 g/mol. The Labute approximate surface area is 132 Å². The van der Waals surface area contributed by atoms with Crippen LogP contribution in [0.3, 0.4) is 0 Å². The molecular weight excluding hydrogens is 296 g/mol. The van der Waals surface area contributed by atoms with E-state index in [4.69, 9.17) is 15.9 Å². The van der Waals surface area contributed by atoms with Gasteiger partial charge in [-0.1, -0.05) is 42.5 Å². The minimum absolute atomic E-state index is 0.400. The van der Waals surface area contributed by atoms with E-state index in [0.717, 1.165) is 10.9 Å². The van der Waals surface area contributed by atoms with Gasteiger partial charge < -0.3 is 20.9 Å². The van der Waals surface area contributed by atoms with Crippen LogP contribution in [0.2, 0.25) is 0 Å². The SMILES string of the molecule is NC(=O)c1cccc2cc[nH]c12.O=C(O)C(O)c1ccccc1. The molecule has 3 rings (SSSR count). The van der Waals surface area contributed by atoms with Gasteiger partial charge in [0.2, 0.25) is 0 Å². The van der Waals surface area contributed by atoms with E-state index >= 15 is 0 Å². The van der Waals surface area contributed by atoms with E-state index < -0.39 is 18.0 Å². The number of carboxylic acids is 1. The normalized spacial score (nSPS) is 11.3. The summed E-state index contributed by atoms with van der Waals surface area (Å²) in [4.78, 5) is 24.1. The summed E-state index contributed by atoms with van der Waals surface area (Å²) in [5.74, 6) is -1.63. The van der Waals surface area contributed by atoms with Crippen LogP contribution in [0.5, 0.6) is 0 Å². The number of aromatic nitrogens is 1. The average molecular weight is 312 g/mol. The Morgan fingerprint density at radius 1 is 1.00 bits per heavy atom. The second kappa shape index (κ2) is 7.24. The van der Waals surface area contributed by atoms with Crippen LogP contribution in [0.1, 0.15) is 22.0 Å². The Balaban J connectivity index is 0.000000168. The highest BCUT2D eigenvalue weighted by molar-refractivity contribution is 6.04. The first-order valence-electron chi connectivity index (χ1n) is 6.82. The standard InChI is InChI=1S/C9H8N2O.C8H8O3/c10-9(12)7-3-1-2-6-4-5-11-8(6)7;9-7(8(10)11)6-4-2-1-3-5-6/h1-5,11H,(H2,10,12);1-5,7,9H,(H,10,11). The molecule has 1 amide bonds. The first-order valence-corrected chi connectivity index (χ1v) is 6.82. The second-order valence-corrected chi connectivity index (χ2v) is 4.76. The molecular formula is C17H16N2O4. The first-order chi connectivity index (χ1) is 11.0.